The molecule has 2 aromatic carbocycles. The van der Waals surface area contributed by atoms with Crippen LogP contribution in [0.3, 0.4) is 0 Å². The molecule has 2 rings (SSSR count). The molecule has 0 radical (unpaired) electrons. The van der Waals surface area contributed by atoms with E-state index in [0.717, 1.165) is 15.8 Å². The zero-order chi connectivity index (χ0) is 14.7. The van der Waals surface area contributed by atoms with E-state index in [9.17, 15) is 4.79 Å². The van der Waals surface area contributed by atoms with E-state index in [0.29, 0.717) is 11.3 Å². The lowest BCUT2D eigenvalue weighted by Crippen LogP contribution is -2.15. The van der Waals surface area contributed by atoms with E-state index in [1.54, 1.807) is 12.1 Å². The summed E-state index contributed by atoms with van der Waals surface area (Å²) in [5.41, 5.74) is 8.68. The van der Waals surface area contributed by atoms with E-state index in [4.69, 9.17) is 5.73 Å². The van der Waals surface area contributed by atoms with Gasteiger partial charge in [-0.15, -0.1) is 0 Å². The highest BCUT2D eigenvalue weighted by molar-refractivity contribution is 9.10. The van der Waals surface area contributed by atoms with E-state index >= 15 is 0 Å². The first kappa shape index (κ1) is 14.4. The number of nitrogens with two attached hydrogens (primary N) is 1. The maximum Gasteiger partial charge on any atom is 0.255 e. The largest absolute Gasteiger partial charge is 0.397 e. The summed E-state index contributed by atoms with van der Waals surface area (Å²) < 4.78 is 0.839. The summed E-state index contributed by atoms with van der Waals surface area (Å²) in [6.07, 6.45) is 0. The van der Waals surface area contributed by atoms with Crippen molar-refractivity contribution >= 4 is 38.9 Å². The molecular formula is C15H16BrN3O. The van der Waals surface area contributed by atoms with Crippen molar-refractivity contribution in [2.75, 3.05) is 30.0 Å². The Kier molecular flexibility index (Phi) is 4.29. The molecule has 0 aromatic heterocycles. The van der Waals surface area contributed by atoms with E-state index in [1.807, 2.05) is 49.3 Å². The normalized spacial score (nSPS) is 10.2. The lowest BCUT2D eigenvalue weighted by molar-refractivity contribution is 0.102. The van der Waals surface area contributed by atoms with Gasteiger partial charge < -0.3 is 16.0 Å². The number of rotatable bonds is 3. The van der Waals surface area contributed by atoms with Gasteiger partial charge in [0.15, 0.2) is 0 Å². The molecule has 0 unspecified atom stereocenters. The van der Waals surface area contributed by atoms with Crippen LogP contribution in [0.25, 0.3) is 0 Å². The summed E-state index contributed by atoms with van der Waals surface area (Å²) in [4.78, 5) is 14.1. The number of carbonyl (C=O) groups is 1. The SMILES string of the molecule is CN(C)c1ccc(C(=O)Nc2ccccc2Br)cc1N. The lowest BCUT2D eigenvalue weighted by Gasteiger charge is -2.16. The fraction of sp³-hybridized carbons (Fsp3) is 0.133. The van der Waals surface area contributed by atoms with Gasteiger partial charge in [0.05, 0.1) is 17.1 Å². The molecule has 0 aliphatic carbocycles. The molecule has 0 aliphatic rings. The summed E-state index contributed by atoms with van der Waals surface area (Å²) in [6, 6.07) is 12.7. The number of halogens is 1. The van der Waals surface area contributed by atoms with Gasteiger partial charge in [-0.2, -0.15) is 0 Å². The van der Waals surface area contributed by atoms with Gasteiger partial charge in [-0.3, -0.25) is 4.79 Å². The molecule has 4 nitrogen and oxygen atoms in total. The zero-order valence-corrected chi connectivity index (χ0v) is 12.9. The minimum absolute atomic E-state index is 0.186. The van der Waals surface area contributed by atoms with Crippen LogP contribution in [0.5, 0.6) is 0 Å². The Morgan fingerprint density at radius 2 is 1.90 bits per heavy atom. The van der Waals surface area contributed by atoms with Gasteiger partial charge in [-0.1, -0.05) is 12.1 Å². The molecular weight excluding hydrogens is 318 g/mol. The molecule has 2 aromatic rings. The van der Waals surface area contributed by atoms with Crippen LogP contribution in [-0.2, 0) is 0 Å². The summed E-state index contributed by atoms with van der Waals surface area (Å²) >= 11 is 3.40. The van der Waals surface area contributed by atoms with Crippen molar-refractivity contribution in [1.82, 2.24) is 0 Å². The number of para-hydroxylation sites is 1. The van der Waals surface area contributed by atoms with Gasteiger partial charge >= 0.3 is 0 Å². The predicted molar refractivity (Wildman–Crippen MR) is 87.3 cm³/mol. The molecule has 0 atom stereocenters. The quantitative estimate of drug-likeness (QED) is 0.847. The average Bonchev–Trinajstić information content (AvgIpc) is 2.40. The first-order chi connectivity index (χ1) is 9.49. The van der Waals surface area contributed by atoms with Crippen molar-refractivity contribution in [3.63, 3.8) is 0 Å². The second-order valence-electron chi connectivity index (χ2n) is 4.60. The number of anilines is 3. The molecule has 0 spiro atoms. The van der Waals surface area contributed by atoms with Gasteiger partial charge in [0, 0.05) is 24.1 Å². The maximum atomic E-state index is 12.2. The topological polar surface area (TPSA) is 58.4 Å². The second-order valence-corrected chi connectivity index (χ2v) is 5.46. The Labute approximate surface area is 126 Å². The van der Waals surface area contributed by atoms with Crippen LogP contribution in [0.1, 0.15) is 10.4 Å². The van der Waals surface area contributed by atoms with Crippen molar-refractivity contribution in [3.05, 3.63) is 52.5 Å². The fourth-order valence-electron chi connectivity index (χ4n) is 1.86. The highest BCUT2D eigenvalue weighted by Gasteiger charge is 2.10. The van der Waals surface area contributed by atoms with Crippen molar-refractivity contribution < 1.29 is 4.79 Å². The maximum absolute atomic E-state index is 12.2. The predicted octanol–water partition coefficient (Wildman–Crippen LogP) is 3.35. The molecule has 0 saturated carbocycles. The van der Waals surface area contributed by atoms with Crippen LogP contribution in [-0.4, -0.2) is 20.0 Å². The number of nitrogen functional groups attached to an aromatic ring is 1. The molecule has 0 fully saturated rings. The van der Waals surface area contributed by atoms with Gasteiger partial charge in [0.1, 0.15) is 0 Å². The highest BCUT2D eigenvalue weighted by atomic mass is 79.9. The Balaban J connectivity index is 2.22. The van der Waals surface area contributed by atoms with Crippen LogP contribution < -0.4 is 16.0 Å². The Morgan fingerprint density at radius 3 is 2.50 bits per heavy atom. The number of nitrogens with one attached hydrogen (secondary N) is 1. The smallest absolute Gasteiger partial charge is 0.255 e. The van der Waals surface area contributed by atoms with Gasteiger partial charge in [0.25, 0.3) is 5.91 Å². The first-order valence-corrected chi connectivity index (χ1v) is 6.91. The summed E-state index contributed by atoms with van der Waals surface area (Å²) in [6.45, 7) is 0. The van der Waals surface area contributed by atoms with E-state index in [-0.39, 0.29) is 5.91 Å². The third-order valence-corrected chi connectivity index (χ3v) is 3.59. The third kappa shape index (κ3) is 3.11. The van der Waals surface area contributed by atoms with Crippen molar-refractivity contribution in [3.8, 4) is 0 Å². The number of hydrogen-bond donors (Lipinski definition) is 2. The number of carbonyl (C=O) groups excluding carboxylic acids is 1. The monoisotopic (exact) mass is 333 g/mol. The van der Waals surface area contributed by atoms with Crippen molar-refractivity contribution in [2.45, 2.75) is 0 Å². The molecule has 1 amide bonds. The first-order valence-electron chi connectivity index (χ1n) is 6.12. The van der Waals surface area contributed by atoms with Gasteiger partial charge in [-0.05, 0) is 46.3 Å². The fourth-order valence-corrected chi connectivity index (χ4v) is 2.24. The second kappa shape index (κ2) is 5.96. The number of amides is 1. The number of nitrogens with zero attached hydrogens (tertiary/aromatic N) is 1. The molecule has 104 valence electrons. The molecule has 0 aliphatic heterocycles. The summed E-state index contributed by atoms with van der Waals surface area (Å²) in [7, 11) is 3.82. The van der Waals surface area contributed by atoms with E-state index in [1.165, 1.54) is 0 Å². The Bertz CT molecular complexity index is 641. The van der Waals surface area contributed by atoms with Gasteiger partial charge in [0.2, 0.25) is 0 Å². The zero-order valence-electron chi connectivity index (χ0n) is 11.4. The molecule has 5 heteroatoms. The van der Waals surface area contributed by atoms with Crippen LogP contribution >= 0.6 is 15.9 Å². The number of benzene rings is 2. The lowest BCUT2D eigenvalue weighted by atomic mass is 10.1. The Hall–Kier alpha value is -2.01. The summed E-state index contributed by atoms with van der Waals surface area (Å²) in [5, 5.41) is 2.85. The molecule has 0 bridgehead atoms. The van der Waals surface area contributed by atoms with Crippen LogP contribution in [0.4, 0.5) is 17.1 Å². The van der Waals surface area contributed by atoms with Crippen molar-refractivity contribution in [2.24, 2.45) is 0 Å². The third-order valence-electron chi connectivity index (χ3n) is 2.89. The van der Waals surface area contributed by atoms with Crippen LogP contribution in [0, 0.1) is 0 Å². The molecule has 20 heavy (non-hydrogen) atoms. The molecule has 0 heterocycles. The standard InChI is InChI=1S/C15H16BrN3O/c1-19(2)14-8-7-10(9-12(14)17)15(20)18-13-6-4-3-5-11(13)16/h3-9H,17H2,1-2H3,(H,18,20). The Morgan fingerprint density at radius 1 is 1.20 bits per heavy atom. The molecule has 3 N–H and O–H groups in total. The minimum atomic E-state index is -0.186. The average molecular weight is 334 g/mol. The van der Waals surface area contributed by atoms with Crippen LogP contribution in [0.2, 0.25) is 0 Å². The number of hydrogen-bond acceptors (Lipinski definition) is 3. The van der Waals surface area contributed by atoms with E-state index < -0.39 is 0 Å². The van der Waals surface area contributed by atoms with Gasteiger partial charge in [-0.25, -0.2) is 0 Å². The highest BCUT2D eigenvalue weighted by Crippen LogP contribution is 2.25. The van der Waals surface area contributed by atoms with Crippen molar-refractivity contribution in [1.29, 1.82) is 0 Å². The minimum Gasteiger partial charge on any atom is -0.397 e. The van der Waals surface area contributed by atoms with Crippen LogP contribution in [0.15, 0.2) is 46.9 Å². The van der Waals surface area contributed by atoms with E-state index in [2.05, 4.69) is 21.2 Å². The summed E-state index contributed by atoms with van der Waals surface area (Å²) in [5.74, 6) is -0.186. The molecule has 0 saturated heterocycles.